The van der Waals surface area contributed by atoms with Crippen LogP contribution in [0.1, 0.15) is 51.4 Å². The number of nitrogens with zero attached hydrogens (tertiary/aromatic N) is 1. The molecule has 18 heavy (non-hydrogen) atoms. The predicted molar refractivity (Wildman–Crippen MR) is 72.3 cm³/mol. The molecule has 1 saturated heterocycles. The summed E-state index contributed by atoms with van der Waals surface area (Å²) in [5, 5.41) is 3.30. The summed E-state index contributed by atoms with van der Waals surface area (Å²) in [4.78, 5) is 14.4. The highest BCUT2D eigenvalue weighted by molar-refractivity contribution is 5.78. The molecule has 102 valence electrons. The van der Waals surface area contributed by atoms with Crippen molar-refractivity contribution in [1.82, 2.24) is 10.2 Å². The Hall–Kier alpha value is -0.570. The first-order valence-corrected chi connectivity index (χ1v) is 7.83. The van der Waals surface area contributed by atoms with E-state index in [4.69, 9.17) is 0 Å². The molecule has 0 unspecified atom stereocenters. The van der Waals surface area contributed by atoms with Crippen LogP contribution >= 0.6 is 0 Å². The molecule has 3 atom stereocenters. The fraction of sp³-hybridized carbons (Fsp3) is 0.933. The number of hydrogen-bond donors (Lipinski definition) is 1. The Labute approximate surface area is 110 Å². The third kappa shape index (κ3) is 2.87. The maximum atomic E-state index is 12.1. The molecule has 3 rings (SSSR count). The van der Waals surface area contributed by atoms with Crippen LogP contribution in [0.15, 0.2) is 0 Å². The fourth-order valence-electron chi connectivity index (χ4n) is 4.17. The Balaban J connectivity index is 1.44. The van der Waals surface area contributed by atoms with Crippen LogP contribution in [0.2, 0.25) is 0 Å². The molecule has 1 amide bonds. The van der Waals surface area contributed by atoms with Gasteiger partial charge in [-0.3, -0.25) is 9.69 Å². The first kappa shape index (κ1) is 12.5. The average Bonchev–Trinajstić information content (AvgIpc) is 2.86. The number of amides is 1. The lowest BCUT2D eigenvalue weighted by Crippen LogP contribution is -2.44. The maximum absolute atomic E-state index is 12.1. The normalized spacial score (nSPS) is 36.6. The summed E-state index contributed by atoms with van der Waals surface area (Å²) in [6, 6.07) is 0.503. The number of likely N-dealkylation sites (tertiary alicyclic amines) is 1. The molecule has 0 spiro atoms. The zero-order chi connectivity index (χ0) is 12.4. The SMILES string of the molecule is O=C(CN1CCCCCC1)N[C@H]1C[C@H]2CC[C@H]1C2. The molecule has 0 aromatic rings. The van der Waals surface area contributed by atoms with E-state index in [2.05, 4.69) is 10.2 Å². The quantitative estimate of drug-likeness (QED) is 0.832. The van der Waals surface area contributed by atoms with E-state index in [-0.39, 0.29) is 5.91 Å². The second-order valence-electron chi connectivity index (χ2n) is 6.54. The molecule has 1 N–H and O–H groups in total. The van der Waals surface area contributed by atoms with E-state index in [0.717, 1.165) is 24.9 Å². The van der Waals surface area contributed by atoms with Crippen LogP contribution in [0.25, 0.3) is 0 Å². The van der Waals surface area contributed by atoms with Crippen LogP contribution in [-0.4, -0.2) is 36.5 Å². The molecule has 3 aliphatic rings. The van der Waals surface area contributed by atoms with Gasteiger partial charge in [0.2, 0.25) is 5.91 Å². The Morgan fingerprint density at radius 1 is 1.06 bits per heavy atom. The van der Waals surface area contributed by atoms with E-state index in [1.165, 1.54) is 51.4 Å². The van der Waals surface area contributed by atoms with Gasteiger partial charge in [0.1, 0.15) is 0 Å². The second kappa shape index (κ2) is 5.60. The van der Waals surface area contributed by atoms with Crippen molar-refractivity contribution >= 4 is 5.91 Å². The van der Waals surface area contributed by atoms with Crippen molar-refractivity contribution in [3.05, 3.63) is 0 Å². The van der Waals surface area contributed by atoms with Crippen LogP contribution < -0.4 is 5.32 Å². The van der Waals surface area contributed by atoms with Crippen LogP contribution in [0.3, 0.4) is 0 Å². The van der Waals surface area contributed by atoms with Crippen LogP contribution in [0.4, 0.5) is 0 Å². The molecule has 1 aliphatic heterocycles. The number of nitrogens with one attached hydrogen (secondary N) is 1. The smallest absolute Gasteiger partial charge is 0.234 e. The topological polar surface area (TPSA) is 32.3 Å². The van der Waals surface area contributed by atoms with Gasteiger partial charge in [-0.05, 0) is 57.0 Å². The highest BCUT2D eigenvalue weighted by Crippen LogP contribution is 2.44. The summed E-state index contributed by atoms with van der Waals surface area (Å²) < 4.78 is 0. The van der Waals surface area contributed by atoms with E-state index in [0.29, 0.717) is 12.6 Å². The zero-order valence-corrected chi connectivity index (χ0v) is 11.4. The van der Waals surface area contributed by atoms with Gasteiger partial charge in [-0.15, -0.1) is 0 Å². The Morgan fingerprint density at radius 3 is 2.44 bits per heavy atom. The molecule has 2 saturated carbocycles. The molecule has 3 heteroatoms. The highest BCUT2D eigenvalue weighted by atomic mass is 16.2. The van der Waals surface area contributed by atoms with Crippen molar-refractivity contribution in [2.24, 2.45) is 11.8 Å². The fourth-order valence-corrected chi connectivity index (χ4v) is 4.17. The van der Waals surface area contributed by atoms with Crippen molar-refractivity contribution in [1.29, 1.82) is 0 Å². The van der Waals surface area contributed by atoms with Gasteiger partial charge in [0.25, 0.3) is 0 Å². The van der Waals surface area contributed by atoms with Gasteiger partial charge in [0, 0.05) is 6.04 Å². The van der Waals surface area contributed by atoms with E-state index >= 15 is 0 Å². The maximum Gasteiger partial charge on any atom is 0.234 e. The van der Waals surface area contributed by atoms with Gasteiger partial charge in [-0.1, -0.05) is 19.3 Å². The molecular formula is C15H26N2O. The molecular weight excluding hydrogens is 224 g/mol. The van der Waals surface area contributed by atoms with Crippen molar-refractivity contribution in [2.45, 2.75) is 57.4 Å². The second-order valence-corrected chi connectivity index (χ2v) is 6.54. The van der Waals surface area contributed by atoms with Gasteiger partial charge in [-0.25, -0.2) is 0 Å². The Morgan fingerprint density at radius 2 is 1.83 bits per heavy atom. The minimum Gasteiger partial charge on any atom is -0.352 e. The van der Waals surface area contributed by atoms with Gasteiger partial charge in [0.05, 0.1) is 6.54 Å². The highest BCUT2D eigenvalue weighted by Gasteiger charge is 2.40. The summed E-state index contributed by atoms with van der Waals surface area (Å²) >= 11 is 0. The van der Waals surface area contributed by atoms with E-state index in [1.807, 2.05) is 0 Å². The predicted octanol–water partition coefficient (Wildman–Crippen LogP) is 2.17. The molecule has 1 heterocycles. The Kier molecular flexibility index (Phi) is 3.88. The minimum absolute atomic E-state index is 0.273. The third-order valence-electron chi connectivity index (χ3n) is 5.15. The van der Waals surface area contributed by atoms with Crippen LogP contribution in [0.5, 0.6) is 0 Å². The third-order valence-corrected chi connectivity index (χ3v) is 5.15. The van der Waals surface area contributed by atoms with E-state index in [1.54, 1.807) is 0 Å². The first-order valence-electron chi connectivity index (χ1n) is 7.83. The van der Waals surface area contributed by atoms with Crippen molar-refractivity contribution in [2.75, 3.05) is 19.6 Å². The van der Waals surface area contributed by atoms with E-state index < -0.39 is 0 Å². The molecule has 0 aromatic heterocycles. The van der Waals surface area contributed by atoms with Gasteiger partial charge < -0.3 is 5.32 Å². The molecule has 3 nitrogen and oxygen atoms in total. The lowest BCUT2D eigenvalue weighted by atomic mass is 9.95. The zero-order valence-electron chi connectivity index (χ0n) is 11.4. The minimum atomic E-state index is 0.273. The summed E-state index contributed by atoms with van der Waals surface area (Å²) in [5.41, 5.74) is 0. The number of carbonyl (C=O) groups excluding carboxylic acids is 1. The van der Waals surface area contributed by atoms with Crippen LogP contribution in [-0.2, 0) is 4.79 Å². The van der Waals surface area contributed by atoms with Crippen molar-refractivity contribution < 1.29 is 4.79 Å². The average molecular weight is 250 g/mol. The molecule has 0 aromatic carbocycles. The van der Waals surface area contributed by atoms with Crippen molar-refractivity contribution in [3.8, 4) is 0 Å². The van der Waals surface area contributed by atoms with Crippen molar-refractivity contribution in [3.63, 3.8) is 0 Å². The van der Waals surface area contributed by atoms with Gasteiger partial charge >= 0.3 is 0 Å². The lowest BCUT2D eigenvalue weighted by molar-refractivity contribution is -0.123. The van der Waals surface area contributed by atoms with E-state index in [9.17, 15) is 4.79 Å². The largest absolute Gasteiger partial charge is 0.352 e. The number of fused-ring (bicyclic) bond motifs is 2. The molecule has 2 bridgehead atoms. The summed E-state index contributed by atoms with van der Waals surface area (Å²) in [5.74, 6) is 1.98. The summed E-state index contributed by atoms with van der Waals surface area (Å²) in [7, 11) is 0. The number of carbonyl (C=O) groups is 1. The molecule has 0 radical (unpaired) electrons. The number of rotatable bonds is 3. The van der Waals surface area contributed by atoms with Gasteiger partial charge in [0.15, 0.2) is 0 Å². The summed E-state index contributed by atoms with van der Waals surface area (Å²) in [6.07, 6.45) is 10.6. The molecule has 3 fully saturated rings. The standard InChI is InChI=1S/C15H26N2O/c18-15(11-17-7-3-1-2-4-8-17)16-14-10-12-5-6-13(14)9-12/h12-14H,1-11H2,(H,16,18)/t12-,13-,14-/m0/s1. The number of hydrogen-bond acceptors (Lipinski definition) is 2. The lowest BCUT2D eigenvalue weighted by Gasteiger charge is -2.25. The monoisotopic (exact) mass is 250 g/mol. The summed E-state index contributed by atoms with van der Waals surface area (Å²) in [6.45, 7) is 2.86. The Bertz CT molecular complexity index is 297. The molecule has 2 aliphatic carbocycles. The first-order chi connectivity index (χ1) is 8.81. The van der Waals surface area contributed by atoms with Gasteiger partial charge in [-0.2, -0.15) is 0 Å². The van der Waals surface area contributed by atoms with Crippen LogP contribution in [0, 0.1) is 11.8 Å².